The molecule has 0 aliphatic carbocycles. The number of anilines is 1. The van der Waals surface area contributed by atoms with Crippen LogP contribution in [-0.2, 0) is 11.2 Å². The van der Waals surface area contributed by atoms with Crippen molar-refractivity contribution in [1.29, 1.82) is 0 Å². The van der Waals surface area contributed by atoms with Crippen LogP contribution in [0.4, 0.5) is 5.69 Å². The van der Waals surface area contributed by atoms with Crippen molar-refractivity contribution >= 4 is 5.69 Å². The van der Waals surface area contributed by atoms with E-state index < -0.39 is 0 Å². The third-order valence-corrected chi connectivity index (χ3v) is 5.49. The van der Waals surface area contributed by atoms with E-state index in [1.54, 1.807) is 0 Å². The molecule has 2 aliphatic heterocycles. The molecule has 2 aromatic rings. The maximum absolute atomic E-state index is 6.26. The van der Waals surface area contributed by atoms with E-state index in [0.717, 1.165) is 25.2 Å². The fourth-order valence-corrected chi connectivity index (χ4v) is 4.21. The zero-order valence-electron chi connectivity index (χ0n) is 15.1. The van der Waals surface area contributed by atoms with Gasteiger partial charge in [0, 0.05) is 23.8 Å². The van der Waals surface area contributed by atoms with Crippen molar-refractivity contribution in [2.24, 2.45) is 5.92 Å². The molecule has 0 saturated carbocycles. The van der Waals surface area contributed by atoms with Gasteiger partial charge in [0.1, 0.15) is 5.75 Å². The van der Waals surface area contributed by atoms with Crippen molar-refractivity contribution in [1.82, 2.24) is 0 Å². The third kappa shape index (κ3) is 3.13. The summed E-state index contributed by atoms with van der Waals surface area (Å²) in [5, 5.41) is 3.79. The molecule has 3 heteroatoms. The maximum atomic E-state index is 6.26. The van der Waals surface area contributed by atoms with E-state index in [4.69, 9.17) is 9.47 Å². The van der Waals surface area contributed by atoms with Gasteiger partial charge in [-0.2, -0.15) is 0 Å². The van der Waals surface area contributed by atoms with Gasteiger partial charge in [0.15, 0.2) is 0 Å². The molecule has 3 nitrogen and oxygen atoms in total. The summed E-state index contributed by atoms with van der Waals surface area (Å²) in [6, 6.07) is 15.6. The van der Waals surface area contributed by atoms with Gasteiger partial charge in [-0.1, -0.05) is 31.2 Å². The number of benzene rings is 2. The van der Waals surface area contributed by atoms with E-state index >= 15 is 0 Å². The molecule has 0 aromatic heterocycles. The zero-order valence-corrected chi connectivity index (χ0v) is 15.1. The van der Waals surface area contributed by atoms with Crippen LogP contribution in [0.15, 0.2) is 42.5 Å². The molecule has 3 atom stereocenters. The molecule has 3 unspecified atom stereocenters. The molecule has 4 rings (SSSR count). The highest BCUT2D eigenvalue weighted by atomic mass is 16.5. The van der Waals surface area contributed by atoms with E-state index in [1.807, 2.05) is 6.92 Å². The molecule has 0 bridgehead atoms. The van der Waals surface area contributed by atoms with Crippen LogP contribution in [0.2, 0.25) is 0 Å². The normalized spacial score (nSPS) is 24.8. The Bertz CT molecular complexity index is 725. The van der Waals surface area contributed by atoms with Crippen LogP contribution in [0.25, 0.3) is 0 Å². The Balaban J connectivity index is 1.68. The van der Waals surface area contributed by atoms with E-state index in [-0.39, 0.29) is 6.10 Å². The molecule has 2 heterocycles. The molecule has 0 amide bonds. The molecule has 0 spiro atoms. The Labute approximate surface area is 150 Å². The number of nitrogens with one attached hydrogen (secondary N) is 1. The SMILES string of the molecule is CCOc1ccc(C2Nc3ccc(CC)cc3C3OCCCC23)cc1. The molecule has 2 aromatic carbocycles. The van der Waals surface area contributed by atoms with Crippen LogP contribution < -0.4 is 10.1 Å². The predicted octanol–water partition coefficient (Wildman–Crippen LogP) is 5.28. The Hall–Kier alpha value is -2.00. The highest BCUT2D eigenvalue weighted by Gasteiger charge is 2.39. The van der Waals surface area contributed by atoms with Gasteiger partial charge in [-0.3, -0.25) is 0 Å². The summed E-state index contributed by atoms with van der Waals surface area (Å²) in [6.07, 6.45) is 3.60. The number of ether oxygens (including phenoxy) is 2. The summed E-state index contributed by atoms with van der Waals surface area (Å²) in [7, 11) is 0. The van der Waals surface area contributed by atoms with Crippen LogP contribution in [0.5, 0.6) is 5.75 Å². The fourth-order valence-electron chi connectivity index (χ4n) is 4.21. The zero-order chi connectivity index (χ0) is 17.2. The predicted molar refractivity (Wildman–Crippen MR) is 101 cm³/mol. The Morgan fingerprint density at radius 2 is 1.96 bits per heavy atom. The first-order valence-corrected chi connectivity index (χ1v) is 9.54. The molecule has 1 fully saturated rings. The lowest BCUT2D eigenvalue weighted by molar-refractivity contribution is -0.0381. The highest BCUT2D eigenvalue weighted by Crippen LogP contribution is 2.49. The van der Waals surface area contributed by atoms with Gasteiger partial charge in [0.25, 0.3) is 0 Å². The quantitative estimate of drug-likeness (QED) is 0.823. The molecule has 0 radical (unpaired) electrons. The molecule has 25 heavy (non-hydrogen) atoms. The first kappa shape index (κ1) is 16.5. The molecule has 1 N–H and O–H groups in total. The van der Waals surface area contributed by atoms with Gasteiger partial charge in [-0.05, 0) is 55.5 Å². The second-order valence-electron chi connectivity index (χ2n) is 7.00. The lowest BCUT2D eigenvalue weighted by Crippen LogP contribution is -2.36. The van der Waals surface area contributed by atoms with Crippen LogP contribution in [-0.4, -0.2) is 13.2 Å². The smallest absolute Gasteiger partial charge is 0.119 e. The topological polar surface area (TPSA) is 30.5 Å². The number of fused-ring (bicyclic) bond motifs is 3. The van der Waals surface area contributed by atoms with E-state index in [2.05, 4.69) is 54.7 Å². The summed E-state index contributed by atoms with van der Waals surface area (Å²) in [5.74, 6) is 1.41. The van der Waals surface area contributed by atoms with Gasteiger partial charge >= 0.3 is 0 Å². The Kier molecular flexibility index (Phi) is 4.67. The monoisotopic (exact) mass is 337 g/mol. The van der Waals surface area contributed by atoms with Gasteiger partial charge in [0.05, 0.1) is 18.8 Å². The lowest BCUT2D eigenvalue weighted by Gasteiger charge is -2.43. The average molecular weight is 337 g/mol. The number of rotatable bonds is 4. The molecule has 2 aliphatic rings. The number of hydrogen-bond acceptors (Lipinski definition) is 3. The maximum Gasteiger partial charge on any atom is 0.119 e. The van der Waals surface area contributed by atoms with Gasteiger partial charge in [-0.25, -0.2) is 0 Å². The number of aryl methyl sites for hydroxylation is 1. The van der Waals surface area contributed by atoms with Gasteiger partial charge in [-0.15, -0.1) is 0 Å². The number of hydrogen-bond donors (Lipinski definition) is 1. The minimum atomic E-state index is 0.202. The summed E-state index contributed by atoms with van der Waals surface area (Å²) in [6.45, 7) is 5.79. The Morgan fingerprint density at radius 1 is 1.12 bits per heavy atom. The van der Waals surface area contributed by atoms with Crippen LogP contribution in [0.1, 0.15) is 55.5 Å². The van der Waals surface area contributed by atoms with Gasteiger partial charge < -0.3 is 14.8 Å². The van der Waals surface area contributed by atoms with Crippen LogP contribution >= 0.6 is 0 Å². The van der Waals surface area contributed by atoms with E-state index in [1.165, 1.54) is 28.8 Å². The minimum Gasteiger partial charge on any atom is -0.494 e. The second-order valence-corrected chi connectivity index (χ2v) is 7.00. The van der Waals surface area contributed by atoms with Crippen molar-refractivity contribution in [2.45, 2.75) is 45.3 Å². The van der Waals surface area contributed by atoms with Crippen molar-refractivity contribution in [2.75, 3.05) is 18.5 Å². The summed E-state index contributed by atoms with van der Waals surface area (Å²) in [4.78, 5) is 0. The van der Waals surface area contributed by atoms with Crippen molar-refractivity contribution in [3.05, 3.63) is 59.2 Å². The first-order chi connectivity index (χ1) is 12.3. The van der Waals surface area contributed by atoms with E-state index in [0.29, 0.717) is 18.6 Å². The van der Waals surface area contributed by atoms with Gasteiger partial charge in [0.2, 0.25) is 0 Å². The third-order valence-electron chi connectivity index (χ3n) is 5.49. The Morgan fingerprint density at radius 3 is 2.72 bits per heavy atom. The summed E-state index contributed by atoms with van der Waals surface area (Å²) >= 11 is 0. The largest absolute Gasteiger partial charge is 0.494 e. The van der Waals surface area contributed by atoms with Crippen LogP contribution in [0, 0.1) is 5.92 Å². The summed E-state index contributed by atoms with van der Waals surface area (Å²) < 4.78 is 11.8. The molecular weight excluding hydrogens is 310 g/mol. The summed E-state index contributed by atoms with van der Waals surface area (Å²) in [5.41, 5.74) is 5.26. The fraction of sp³-hybridized carbons (Fsp3) is 0.455. The molecule has 1 saturated heterocycles. The first-order valence-electron chi connectivity index (χ1n) is 9.54. The van der Waals surface area contributed by atoms with Crippen molar-refractivity contribution < 1.29 is 9.47 Å². The molecule has 132 valence electrons. The lowest BCUT2D eigenvalue weighted by atomic mass is 9.77. The highest BCUT2D eigenvalue weighted by molar-refractivity contribution is 5.58. The van der Waals surface area contributed by atoms with E-state index in [9.17, 15) is 0 Å². The van der Waals surface area contributed by atoms with Crippen molar-refractivity contribution in [3.63, 3.8) is 0 Å². The van der Waals surface area contributed by atoms with Crippen LogP contribution in [0.3, 0.4) is 0 Å². The molecular formula is C22H27NO2. The standard InChI is InChI=1S/C22H27NO2/c1-3-15-7-12-20-19(14-15)22-18(6-5-13-25-22)21(23-20)16-8-10-17(11-9-16)24-4-2/h7-12,14,18,21-23H,3-6,13H2,1-2H3. The van der Waals surface area contributed by atoms with Crippen molar-refractivity contribution in [3.8, 4) is 5.75 Å². The average Bonchev–Trinajstić information content (AvgIpc) is 2.68. The second kappa shape index (κ2) is 7.09. The minimum absolute atomic E-state index is 0.202.